The molecule has 0 aliphatic carbocycles. The average molecular weight is 218 g/mol. The third kappa shape index (κ3) is 1.82. The number of methoxy groups -OCH3 is 1. The van der Waals surface area contributed by atoms with Crippen LogP contribution in [0.5, 0.6) is 5.75 Å². The summed E-state index contributed by atoms with van der Waals surface area (Å²) in [6.07, 6.45) is 2.69. The molecule has 0 bridgehead atoms. The molecular formula is C12H10O4. The predicted molar refractivity (Wildman–Crippen MR) is 56.0 cm³/mol. The summed E-state index contributed by atoms with van der Waals surface area (Å²) >= 11 is 0. The van der Waals surface area contributed by atoms with E-state index in [4.69, 9.17) is 4.74 Å². The van der Waals surface area contributed by atoms with Crippen molar-refractivity contribution in [2.24, 2.45) is 5.92 Å². The van der Waals surface area contributed by atoms with Gasteiger partial charge in [0.25, 0.3) is 0 Å². The summed E-state index contributed by atoms with van der Waals surface area (Å²) in [5.74, 6) is -1.06. The third-order valence-electron chi connectivity index (χ3n) is 2.35. The van der Waals surface area contributed by atoms with Gasteiger partial charge in [-0.1, -0.05) is 12.1 Å². The largest absolute Gasteiger partial charge is 0.497 e. The number of Topliss-reactive ketones (excluding diaryl/α,β-unsaturated/α-hetero) is 1. The molecule has 82 valence electrons. The minimum Gasteiger partial charge on any atom is -0.497 e. The normalized spacial score (nSPS) is 18.3. The van der Waals surface area contributed by atoms with Crippen LogP contribution in [0.15, 0.2) is 36.6 Å². The molecule has 0 radical (unpaired) electrons. The van der Waals surface area contributed by atoms with E-state index in [2.05, 4.69) is 4.74 Å². The molecule has 1 heterocycles. The van der Waals surface area contributed by atoms with Gasteiger partial charge in [0, 0.05) is 5.56 Å². The van der Waals surface area contributed by atoms with Crippen LogP contribution < -0.4 is 4.74 Å². The number of carbonyl (C=O) groups excluding carboxylic acids is 2. The molecule has 1 aromatic carbocycles. The monoisotopic (exact) mass is 218 g/mol. The van der Waals surface area contributed by atoms with Gasteiger partial charge in [0.05, 0.1) is 13.4 Å². The summed E-state index contributed by atoms with van der Waals surface area (Å²) in [6.45, 7) is 0. The Kier molecular flexibility index (Phi) is 2.72. The number of benzene rings is 1. The zero-order valence-corrected chi connectivity index (χ0v) is 8.67. The maximum atomic E-state index is 11.9. The van der Waals surface area contributed by atoms with Gasteiger partial charge in [-0.05, 0) is 18.2 Å². The molecule has 0 fully saturated rings. The second-order valence-electron chi connectivity index (χ2n) is 3.34. The van der Waals surface area contributed by atoms with Gasteiger partial charge in [0.1, 0.15) is 11.7 Å². The van der Waals surface area contributed by atoms with E-state index < -0.39 is 11.9 Å². The molecule has 2 rings (SSSR count). The number of rotatable bonds is 3. The molecule has 1 aliphatic rings. The minimum atomic E-state index is -0.827. The van der Waals surface area contributed by atoms with Crippen molar-refractivity contribution in [3.63, 3.8) is 0 Å². The molecule has 0 spiro atoms. The molecule has 0 aromatic heterocycles. The molecule has 1 unspecified atom stereocenters. The number of hydrogen-bond acceptors (Lipinski definition) is 4. The van der Waals surface area contributed by atoms with Crippen LogP contribution in [0.2, 0.25) is 0 Å². The summed E-state index contributed by atoms with van der Waals surface area (Å²) in [5.41, 5.74) is 0.438. The first kappa shape index (κ1) is 10.4. The van der Waals surface area contributed by atoms with Crippen LogP contribution in [0.4, 0.5) is 0 Å². The molecule has 0 amide bonds. The highest BCUT2D eigenvalue weighted by Gasteiger charge is 2.30. The summed E-state index contributed by atoms with van der Waals surface area (Å²) in [4.78, 5) is 23.1. The lowest BCUT2D eigenvalue weighted by atomic mass is 9.98. The van der Waals surface area contributed by atoms with Crippen LogP contribution in [0.3, 0.4) is 0 Å². The number of hydrogen-bond donors (Lipinski definition) is 0. The Bertz CT molecular complexity index is 462. The lowest BCUT2D eigenvalue weighted by Crippen LogP contribution is -2.19. The second kappa shape index (κ2) is 4.18. The van der Waals surface area contributed by atoms with Crippen LogP contribution in [0.1, 0.15) is 10.4 Å². The fourth-order valence-corrected chi connectivity index (χ4v) is 1.49. The quantitative estimate of drug-likeness (QED) is 0.439. The molecule has 1 aliphatic heterocycles. The van der Waals surface area contributed by atoms with E-state index in [1.807, 2.05) is 0 Å². The van der Waals surface area contributed by atoms with Gasteiger partial charge in [0.2, 0.25) is 0 Å². The van der Waals surface area contributed by atoms with E-state index in [1.54, 1.807) is 24.3 Å². The zero-order chi connectivity index (χ0) is 11.5. The van der Waals surface area contributed by atoms with Crippen molar-refractivity contribution in [1.29, 1.82) is 0 Å². The summed E-state index contributed by atoms with van der Waals surface area (Å²) in [5, 5.41) is 0. The van der Waals surface area contributed by atoms with Crippen molar-refractivity contribution in [3.05, 3.63) is 42.2 Å². The third-order valence-corrected chi connectivity index (χ3v) is 2.35. The number of ether oxygens (including phenoxy) is 2. The van der Waals surface area contributed by atoms with Crippen molar-refractivity contribution < 1.29 is 19.1 Å². The van der Waals surface area contributed by atoms with Gasteiger partial charge >= 0.3 is 5.97 Å². The maximum absolute atomic E-state index is 11.9. The number of cyclic esters (lactones) is 1. The Labute approximate surface area is 92.5 Å². The van der Waals surface area contributed by atoms with E-state index in [0.29, 0.717) is 11.3 Å². The van der Waals surface area contributed by atoms with E-state index in [-0.39, 0.29) is 5.78 Å². The summed E-state index contributed by atoms with van der Waals surface area (Å²) in [7, 11) is 1.52. The van der Waals surface area contributed by atoms with Gasteiger partial charge in [-0.3, -0.25) is 9.59 Å². The Morgan fingerprint density at radius 3 is 2.88 bits per heavy atom. The topological polar surface area (TPSA) is 52.6 Å². The standard InChI is InChI=1S/C12H10O4/c1-15-9-4-2-3-8(7-9)11(13)10-5-6-16-12(10)14/h2-7,10H,1H3. The lowest BCUT2D eigenvalue weighted by molar-refractivity contribution is -0.137. The first-order chi connectivity index (χ1) is 7.72. The minimum absolute atomic E-state index is 0.280. The first-order valence-electron chi connectivity index (χ1n) is 4.78. The molecule has 0 N–H and O–H groups in total. The summed E-state index contributed by atoms with van der Waals surface area (Å²) in [6, 6.07) is 6.68. The highest BCUT2D eigenvalue weighted by Crippen LogP contribution is 2.20. The van der Waals surface area contributed by atoms with E-state index in [9.17, 15) is 9.59 Å². The summed E-state index contributed by atoms with van der Waals surface area (Å²) < 4.78 is 9.60. The van der Waals surface area contributed by atoms with Gasteiger partial charge in [-0.25, -0.2) is 0 Å². The zero-order valence-electron chi connectivity index (χ0n) is 8.67. The van der Waals surface area contributed by atoms with Crippen LogP contribution in [-0.4, -0.2) is 18.9 Å². The van der Waals surface area contributed by atoms with Crippen molar-refractivity contribution in [3.8, 4) is 5.75 Å². The molecule has 1 atom stereocenters. The maximum Gasteiger partial charge on any atom is 0.325 e. The molecule has 0 saturated heterocycles. The predicted octanol–water partition coefficient (Wildman–Crippen LogP) is 1.56. The van der Waals surface area contributed by atoms with Crippen molar-refractivity contribution in [2.45, 2.75) is 0 Å². The van der Waals surface area contributed by atoms with Gasteiger partial charge in [0.15, 0.2) is 5.78 Å². The van der Waals surface area contributed by atoms with E-state index in [1.165, 1.54) is 19.4 Å². The Hall–Kier alpha value is -2.10. The van der Waals surface area contributed by atoms with Crippen LogP contribution >= 0.6 is 0 Å². The van der Waals surface area contributed by atoms with Crippen LogP contribution in [0, 0.1) is 5.92 Å². The molecule has 1 aromatic rings. The van der Waals surface area contributed by atoms with E-state index in [0.717, 1.165) is 0 Å². The van der Waals surface area contributed by atoms with E-state index >= 15 is 0 Å². The van der Waals surface area contributed by atoms with Gasteiger partial charge in [-0.2, -0.15) is 0 Å². The van der Waals surface area contributed by atoms with Crippen molar-refractivity contribution in [1.82, 2.24) is 0 Å². The highest BCUT2D eigenvalue weighted by molar-refractivity contribution is 6.11. The Morgan fingerprint density at radius 2 is 2.25 bits per heavy atom. The lowest BCUT2D eigenvalue weighted by Gasteiger charge is -2.05. The number of carbonyl (C=O) groups is 2. The molecule has 0 saturated carbocycles. The fraction of sp³-hybridized carbons (Fsp3) is 0.167. The Morgan fingerprint density at radius 1 is 1.44 bits per heavy atom. The molecule has 4 heteroatoms. The van der Waals surface area contributed by atoms with Gasteiger partial charge < -0.3 is 9.47 Å². The van der Waals surface area contributed by atoms with Crippen LogP contribution in [-0.2, 0) is 9.53 Å². The van der Waals surface area contributed by atoms with Crippen molar-refractivity contribution >= 4 is 11.8 Å². The smallest absolute Gasteiger partial charge is 0.325 e. The first-order valence-corrected chi connectivity index (χ1v) is 4.78. The average Bonchev–Trinajstić information content (AvgIpc) is 2.74. The molecule has 4 nitrogen and oxygen atoms in total. The van der Waals surface area contributed by atoms with Crippen molar-refractivity contribution in [2.75, 3.05) is 7.11 Å². The number of esters is 1. The Balaban J connectivity index is 2.26. The SMILES string of the molecule is COc1cccc(C(=O)C2C=COC2=O)c1. The second-order valence-corrected chi connectivity index (χ2v) is 3.34. The van der Waals surface area contributed by atoms with Crippen LogP contribution in [0.25, 0.3) is 0 Å². The number of ketones is 1. The highest BCUT2D eigenvalue weighted by atomic mass is 16.5. The van der Waals surface area contributed by atoms with Gasteiger partial charge in [-0.15, -0.1) is 0 Å². The molecular weight excluding hydrogens is 208 g/mol. The fourth-order valence-electron chi connectivity index (χ4n) is 1.49. The molecule has 16 heavy (non-hydrogen) atoms.